The summed E-state index contributed by atoms with van der Waals surface area (Å²) in [6.45, 7) is 5.43. The first-order valence-corrected chi connectivity index (χ1v) is 7.33. The van der Waals surface area contributed by atoms with Crippen LogP contribution in [-0.2, 0) is 13.1 Å². The summed E-state index contributed by atoms with van der Waals surface area (Å²) in [4.78, 5) is 2.09. The Labute approximate surface area is 126 Å². The molecule has 112 valence electrons. The maximum absolute atomic E-state index is 14.1. The van der Waals surface area contributed by atoms with E-state index in [0.717, 1.165) is 17.8 Å². The van der Waals surface area contributed by atoms with E-state index in [1.807, 2.05) is 31.3 Å². The van der Waals surface area contributed by atoms with Crippen LogP contribution in [0.25, 0.3) is 0 Å². The van der Waals surface area contributed by atoms with Crippen molar-refractivity contribution in [2.24, 2.45) is 0 Å². The molecule has 0 atom stereocenters. The zero-order valence-corrected chi connectivity index (χ0v) is 12.9. The molecule has 0 amide bonds. The molecule has 2 rings (SSSR count). The molecule has 0 radical (unpaired) electrons. The van der Waals surface area contributed by atoms with Crippen LogP contribution in [0.4, 0.5) is 10.1 Å². The molecule has 0 aliphatic carbocycles. The fourth-order valence-electron chi connectivity index (χ4n) is 2.33. The lowest BCUT2D eigenvalue weighted by Gasteiger charge is -2.23. The van der Waals surface area contributed by atoms with E-state index in [0.29, 0.717) is 12.6 Å². The van der Waals surface area contributed by atoms with Crippen molar-refractivity contribution in [1.82, 2.24) is 5.32 Å². The molecule has 0 saturated carbocycles. The number of hydrogen-bond donors (Lipinski definition) is 1. The smallest absolute Gasteiger partial charge is 0.129 e. The van der Waals surface area contributed by atoms with Crippen LogP contribution in [0.5, 0.6) is 0 Å². The van der Waals surface area contributed by atoms with Gasteiger partial charge in [0.1, 0.15) is 5.82 Å². The average Bonchev–Trinajstić information content (AvgIpc) is 2.46. The first kappa shape index (κ1) is 15.5. The Balaban J connectivity index is 2.19. The van der Waals surface area contributed by atoms with E-state index < -0.39 is 0 Å². The van der Waals surface area contributed by atoms with Crippen LogP contribution in [0.1, 0.15) is 25.0 Å². The number of nitrogens with zero attached hydrogens (tertiary/aromatic N) is 1. The number of hydrogen-bond acceptors (Lipinski definition) is 2. The van der Waals surface area contributed by atoms with Gasteiger partial charge >= 0.3 is 0 Å². The number of anilines is 1. The highest BCUT2D eigenvalue weighted by molar-refractivity contribution is 5.54. The van der Waals surface area contributed by atoms with Gasteiger partial charge in [0.15, 0.2) is 0 Å². The van der Waals surface area contributed by atoms with Crippen LogP contribution in [0, 0.1) is 5.82 Å². The maximum Gasteiger partial charge on any atom is 0.129 e. The highest BCUT2D eigenvalue weighted by Gasteiger charge is 2.12. The SMILES string of the molecule is CC(C)NCc1c(F)cccc1N(C)Cc1ccccc1. The summed E-state index contributed by atoms with van der Waals surface area (Å²) in [7, 11) is 2.00. The Hall–Kier alpha value is -1.87. The molecular formula is C18H23FN2. The van der Waals surface area contributed by atoms with Crippen molar-refractivity contribution in [1.29, 1.82) is 0 Å². The Morgan fingerprint density at radius 3 is 2.43 bits per heavy atom. The van der Waals surface area contributed by atoms with Gasteiger partial charge in [0.05, 0.1) is 0 Å². The zero-order valence-electron chi connectivity index (χ0n) is 12.9. The molecule has 1 N–H and O–H groups in total. The summed E-state index contributed by atoms with van der Waals surface area (Å²) in [5, 5.41) is 3.30. The predicted octanol–water partition coefficient (Wildman–Crippen LogP) is 3.96. The summed E-state index contributed by atoms with van der Waals surface area (Å²) in [6, 6.07) is 15.8. The van der Waals surface area contributed by atoms with Crippen molar-refractivity contribution in [2.45, 2.75) is 33.0 Å². The molecule has 0 bridgehead atoms. The highest BCUT2D eigenvalue weighted by Crippen LogP contribution is 2.24. The quantitative estimate of drug-likeness (QED) is 0.864. The van der Waals surface area contributed by atoms with Gasteiger partial charge in [-0.05, 0) is 17.7 Å². The molecule has 2 nitrogen and oxygen atoms in total. The third kappa shape index (κ3) is 4.30. The Kier molecular flexibility index (Phi) is 5.34. The predicted molar refractivity (Wildman–Crippen MR) is 86.9 cm³/mol. The van der Waals surface area contributed by atoms with Gasteiger partial charge in [-0.1, -0.05) is 50.2 Å². The Morgan fingerprint density at radius 2 is 1.76 bits per heavy atom. The fourth-order valence-corrected chi connectivity index (χ4v) is 2.33. The van der Waals surface area contributed by atoms with Crippen molar-refractivity contribution in [3.63, 3.8) is 0 Å². The average molecular weight is 286 g/mol. The second kappa shape index (κ2) is 7.23. The maximum atomic E-state index is 14.1. The summed E-state index contributed by atoms with van der Waals surface area (Å²) < 4.78 is 14.1. The molecule has 0 aliphatic heterocycles. The number of nitrogens with one attached hydrogen (secondary N) is 1. The third-order valence-corrected chi connectivity index (χ3v) is 3.46. The number of halogens is 1. The standard InChI is InChI=1S/C18H23FN2/c1-14(2)20-12-16-17(19)10-7-11-18(16)21(3)13-15-8-5-4-6-9-15/h4-11,14,20H,12-13H2,1-3H3. The lowest BCUT2D eigenvalue weighted by Crippen LogP contribution is -2.25. The number of benzene rings is 2. The van der Waals surface area contributed by atoms with Crippen LogP contribution in [0.15, 0.2) is 48.5 Å². The molecule has 2 aromatic carbocycles. The molecule has 0 aromatic heterocycles. The van der Waals surface area contributed by atoms with Gasteiger partial charge in [-0.3, -0.25) is 0 Å². The molecule has 2 aromatic rings. The van der Waals surface area contributed by atoms with E-state index in [9.17, 15) is 4.39 Å². The second-order valence-corrected chi connectivity index (χ2v) is 5.61. The Bertz CT molecular complexity index is 567. The van der Waals surface area contributed by atoms with Gasteiger partial charge in [0.25, 0.3) is 0 Å². The molecule has 0 fully saturated rings. The van der Waals surface area contributed by atoms with Crippen LogP contribution in [0.3, 0.4) is 0 Å². The van der Waals surface area contributed by atoms with E-state index in [4.69, 9.17) is 0 Å². The monoisotopic (exact) mass is 286 g/mol. The summed E-state index contributed by atoms with van der Waals surface area (Å²) in [5.41, 5.74) is 2.88. The van der Waals surface area contributed by atoms with Gasteiger partial charge in [-0.25, -0.2) is 4.39 Å². The normalized spacial score (nSPS) is 10.9. The summed E-state index contributed by atoms with van der Waals surface area (Å²) >= 11 is 0. The molecule has 3 heteroatoms. The van der Waals surface area contributed by atoms with Crippen LogP contribution in [0.2, 0.25) is 0 Å². The minimum absolute atomic E-state index is 0.152. The Morgan fingerprint density at radius 1 is 1.05 bits per heavy atom. The minimum atomic E-state index is -0.152. The van der Waals surface area contributed by atoms with Gasteiger partial charge in [0.2, 0.25) is 0 Å². The van der Waals surface area contributed by atoms with E-state index in [-0.39, 0.29) is 5.82 Å². The zero-order chi connectivity index (χ0) is 15.2. The first-order chi connectivity index (χ1) is 10.1. The van der Waals surface area contributed by atoms with Crippen LogP contribution in [-0.4, -0.2) is 13.1 Å². The van der Waals surface area contributed by atoms with Crippen LogP contribution >= 0.6 is 0 Å². The van der Waals surface area contributed by atoms with Gasteiger partial charge in [-0.2, -0.15) is 0 Å². The van der Waals surface area contributed by atoms with Crippen LogP contribution < -0.4 is 10.2 Å². The first-order valence-electron chi connectivity index (χ1n) is 7.33. The lowest BCUT2D eigenvalue weighted by molar-refractivity contribution is 0.552. The van der Waals surface area contributed by atoms with E-state index in [1.165, 1.54) is 11.6 Å². The van der Waals surface area contributed by atoms with Gasteiger partial charge in [-0.15, -0.1) is 0 Å². The van der Waals surface area contributed by atoms with Crippen molar-refractivity contribution < 1.29 is 4.39 Å². The van der Waals surface area contributed by atoms with E-state index >= 15 is 0 Å². The molecule has 0 spiro atoms. The van der Waals surface area contributed by atoms with Gasteiger partial charge in [0, 0.05) is 37.4 Å². The van der Waals surface area contributed by atoms with Crippen molar-refractivity contribution in [3.05, 3.63) is 65.5 Å². The van der Waals surface area contributed by atoms with E-state index in [2.05, 4.69) is 36.2 Å². The fraction of sp³-hybridized carbons (Fsp3) is 0.333. The summed E-state index contributed by atoms with van der Waals surface area (Å²) in [5.74, 6) is -0.152. The van der Waals surface area contributed by atoms with Crippen molar-refractivity contribution in [2.75, 3.05) is 11.9 Å². The van der Waals surface area contributed by atoms with Gasteiger partial charge < -0.3 is 10.2 Å². The second-order valence-electron chi connectivity index (χ2n) is 5.61. The molecule has 0 saturated heterocycles. The van der Waals surface area contributed by atoms with E-state index in [1.54, 1.807) is 6.07 Å². The minimum Gasteiger partial charge on any atom is -0.370 e. The number of rotatable bonds is 6. The largest absolute Gasteiger partial charge is 0.370 e. The molecule has 0 aliphatic rings. The van der Waals surface area contributed by atoms with Crippen molar-refractivity contribution in [3.8, 4) is 0 Å². The highest BCUT2D eigenvalue weighted by atomic mass is 19.1. The topological polar surface area (TPSA) is 15.3 Å². The summed E-state index contributed by atoms with van der Waals surface area (Å²) in [6.07, 6.45) is 0. The lowest BCUT2D eigenvalue weighted by atomic mass is 10.1. The molecule has 21 heavy (non-hydrogen) atoms. The molecular weight excluding hydrogens is 263 g/mol. The van der Waals surface area contributed by atoms with Crippen molar-refractivity contribution >= 4 is 5.69 Å². The molecule has 0 unspecified atom stereocenters. The molecule has 0 heterocycles. The third-order valence-electron chi connectivity index (χ3n) is 3.46.